The third-order valence-electron chi connectivity index (χ3n) is 6.31. The van der Waals surface area contributed by atoms with Crippen molar-refractivity contribution in [1.29, 1.82) is 5.26 Å². The first-order valence-electron chi connectivity index (χ1n) is 12.0. The second-order valence-corrected chi connectivity index (χ2v) is 8.61. The number of benzene rings is 2. The summed E-state index contributed by atoms with van der Waals surface area (Å²) in [6, 6.07) is 15.4. The number of fused-ring (bicyclic) bond motifs is 1. The van der Waals surface area contributed by atoms with E-state index in [4.69, 9.17) is 19.4 Å². The van der Waals surface area contributed by atoms with Gasteiger partial charge in [-0.3, -0.25) is 4.79 Å². The molecular formula is C27H31N5O3. The standard InChI is InChI=1S/C27H31N5O3/c1-34-23-12-11-19(17-24(23)35-2)13-14-29-27(33)20(18-28)25-26(32-15-7-3-4-8-16-32)31-22-10-6-5-9-21(22)30-25/h5-6,9-12,17,20H,3-4,7-8,13-16H2,1-2H3,(H,29,33)/t20-/m0/s1. The minimum Gasteiger partial charge on any atom is -0.493 e. The van der Waals surface area contributed by atoms with Gasteiger partial charge in [0, 0.05) is 19.6 Å². The molecule has 3 aromatic rings. The van der Waals surface area contributed by atoms with Crippen LogP contribution in [-0.4, -0.2) is 49.7 Å². The van der Waals surface area contributed by atoms with Gasteiger partial charge in [0.2, 0.25) is 5.91 Å². The van der Waals surface area contributed by atoms with Crippen molar-refractivity contribution in [1.82, 2.24) is 15.3 Å². The summed E-state index contributed by atoms with van der Waals surface area (Å²) in [5.41, 5.74) is 2.87. The van der Waals surface area contributed by atoms with E-state index >= 15 is 0 Å². The molecule has 2 aromatic carbocycles. The van der Waals surface area contributed by atoms with Crippen molar-refractivity contribution in [2.45, 2.75) is 38.0 Å². The van der Waals surface area contributed by atoms with Gasteiger partial charge in [0.25, 0.3) is 0 Å². The quantitative estimate of drug-likeness (QED) is 0.528. The summed E-state index contributed by atoms with van der Waals surface area (Å²) in [4.78, 5) is 25.0. The average Bonchev–Trinajstić information content (AvgIpc) is 3.18. The average molecular weight is 474 g/mol. The number of nitrogens with one attached hydrogen (secondary N) is 1. The molecule has 35 heavy (non-hydrogen) atoms. The van der Waals surface area contributed by atoms with Crippen LogP contribution in [0.1, 0.15) is 42.9 Å². The molecule has 0 radical (unpaired) electrons. The van der Waals surface area contributed by atoms with Crippen molar-refractivity contribution in [3.05, 3.63) is 53.7 Å². The van der Waals surface area contributed by atoms with E-state index in [1.165, 1.54) is 12.8 Å². The number of hydrogen-bond acceptors (Lipinski definition) is 7. The molecular weight excluding hydrogens is 442 g/mol. The molecule has 1 N–H and O–H groups in total. The number of nitriles is 1. The summed E-state index contributed by atoms with van der Waals surface area (Å²) in [5, 5.41) is 12.9. The third-order valence-corrected chi connectivity index (χ3v) is 6.31. The predicted octanol–water partition coefficient (Wildman–Crippen LogP) is 3.99. The monoisotopic (exact) mass is 473 g/mol. The van der Waals surface area contributed by atoms with Gasteiger partial charge in [-0.15, -0.1) is 0 Å². The molecule has 182 valence electrons. The zero-order valence-electron chi connectivity index (χ0n) is 20.3. The normalized spacial score (nSPS) is 14.6. The maximum Gasteiger partial charge on any atom is 0.243 e. The van der Waals surface area contributed by atoms with Gasteiger partial charge in [-0.25, -0.2) is 9.97 Å². The van der Waals surface area contributed by atoms with Gasteiger partial charge < -0.3 is 19.7 Å². The van der Waals surface area contributed by atoms with Crippen LogP contribution < -0.4 is 19.7 Å². The van der Waals surface area contributed by atoms with Crippen LogP contribution in [0.25, 0.3) is 11.0 Å². The number of carbonyl (C=O) groups excluding carboxylic acids is 1. The zero-order valence-corrected chi connectivity index (χ0v) is 20.3. The van der Waals surface area contributed by atoms with Crippen LogP contribution in [-0.2, 0) is 11.2 Å². The Bertz CT molecular complexity index is 1220. The molecule has 0 aliphatic carbocycles. The number of methoxy groups -OCH3 is 2. The molecule has 1 amide bonds. The number of hydrogen-bond donors (Lipinski definition) is 1. The number of amides is 1. The Morgan fingerprint density at radius 2 is 1.71 bits per heavy atom. The van der Waals surface area contributed by atoms with Crippen LogP contribution >= 0.6 is 0 Å². The number of rotatable bonds is 8. The van der Waals surface area contributed by atoms with Crippen molar-refractivity contribution in [3.63, 3.8) is 0 Å². The number of para-hydroxylation sites is 2. The highest BCUT2D eigenvalue weighted by atomic mass is 16.5. The van der Waals surface area contributed by atoms with Gasteiger partial charge >= 0.3 is 0 Å². The minimum absolute atomic E-state index is 0.367. The second kappa shape index (κ2) is 11.5. The summed E-state index contributed by atoms with van der Waals surface area (Å²) < 4.78 is 10.6. The molecule has 1 aliphatic heterocycles. The van der Waals surface area contributed by atoms with Gasteiger partial charge in [-0.2, -0.15) is 5.26 Å². The molecule has 1 fully saturated rings. The maximum absolute atomic E-state index is 13.2. The van der Waals surface area contributed by atoms with E-state index in [-0.39, 0.29) is 5.91 Å². The van der Waals surface area contributed by atoms with E-state index in [0.717, 1.165) is 37.0 Å². The Hall–Kier alpha value is -3.86. The lowest BCUT2D eigenvalue weighted by atomic mass is 10.0. The number of carbonyl (C=O) groups is 1. The molecule has 0 bridgehead atoms. The van der Waals surface area contributed by atoms with E-state index in [1.807, 2.05) is 42.5 Å². The van der Waals surface area contributed by atoms with Crippen molar-refractivity contribution >= 4 is 22.8 Å². The number of aromatic nitrogens is 2. The molecule has 0 spiro atoms. The SMILES string of the molecule is COc1ccc(CCNC(=O)[C@@H](C#N)c2nc3ccccc3nc2N2CCCCCC2)cc1OC. The lowest BCUT2D eigenvalue weighted by molar-refractivity contribution is -0.121. The van der Waals surface area contributed by atoms with Crippen molar-refractivity contribution < 1.29 is 14.3 Å². The molecule has 8 nitrogen and oxygen atoms in total. The molecule has 1 aromatic heterocycles. The van der Waals surface area contributed by atoms with E-state index in [0.29, 0.717) is 41.5 Å². The van der Waals surface area contributed by atoms with Crippen LogP contribution in [0.15, 0.2) is 42.5 Å². The second-order valence-electron chi connectivity index (χ2n) is 8.61. The van der Waals surface area contributed by atoms with Gasteiger partial charge in [0.15, 0.2) is 23.2 Å². The Kier molecular flexibility index (Phi) is 7.99. The van der Waals surface area contributed by atoms with Crippen LogP contribution in [0.3, 0.4) is 0 Å². The highest BCUT2D eigenvalue weighted by molar-refractivity contribution is 5.88. The zero-order chi connectivity index (χ0) is 24.6. The number of nitrogens with zero attached hydrogens (tertiary/aromatic N) is 4. The van der Waals surface area contributed by atoms with Crippen molar-refractivity contribution in [2.24, 2.45) is 0 Å². The summed E-state index contributed by atoms with van der Waals surface area (Å²) in [6.45, 7) is 2.07. The number of ether oxygens (including phenoxy) is 2. The minimum atomic E-state index is -1.05. The highest BCUT2D eigenvalue weighted by Crippen LogP contribution is 2.30. The smallest absolute Gasteiger partial charge is 0.243 e. The fraction of sp³-hybridized carbons (Fsp3) is 0.407. The first-order chi connectivity index (χ1) is 17.1. The van der Waals surface area contributed by atoms with Gasteiger partial charge in [0.05, 0.1) is 31.3 Å². The molecule has 4 rings (SSSR count). The first kappa shape index (κ1) is 24.3. The van der Waals surface area contributed by atoms with E-state index < -0.39 is 5.92 Å². The lowest BCUT2D eigenvalue weighted by Crippen LogP contribution is -2.33. The molecule has 1 saturated heterocycles. The molecule has 0 unspecified atom stereocenters. The van der Waals surface area contributed by atoms with Gasteiger partial charge in [-0.05, 0) is 49.1 Å². The van der Waals surface area contributed by atoms with Crippen LogP contribution in [0.5, 0.6) is 11.5 Å². The molecule has 2 heterocycles. The fourth-order valence-corrected chi connectivity index (χ4v) is 4.43. The molecule has 1 atom stereocenters. The Labute approximate surface area is 205 Å². The van der Waals surface area contributed by atoms with Crippen LogP contribution in [0, 0.1) is 11.3 Å². The topological polar surface area (TPSA) is 100 Å². The summed E-state index contributed by atoms with van der Waals surface area (Å²) in [5.74, 6) is 0.525. The maximum atomic E-state index is 13.2. The summed E-state index contributed by atoms with van der Waals surface area (Å²) in [7, 11) is 3.18. The third kappa shape index (κ3) is 5.62. The van der Waals surface area contributed by atoms with E-state index in [2.05, 4.69) is 16.3 Å². The Balaban J connectivity index is 1.55. The predicted molar refractivity (Wildman–Crippen MR) is 135 cm³/mol. The van der Waals surface area contributed by atoms with Crippen LogP contribution in [0.2, 0.25) is 0 Å². The molecule has 0 saturated carbocycles. The van der Waals surface area contributed by atoms with Gasteiger partial charge in [-0.1, -0.05) is 31.0 Å². The summed E-state index contributed by atoms with van der Waals surface area (Å²) in [6.07, 6.45) is 5.05. The lowest BCUT2D eigenvalue weighted by Gasteiger charge is -2.25. The summed E-state index contributed by atoms with van der Waals surface area (Å²) >= 11 is 0. The van der Waals surface area contributed by atoms with Crippen LogP contribution in [0.4, 0.5) is 5.82 Å². The van der Waals surface area contributed by atoms with E-state index in [9.17, 15) is 10.1 Å². The fourth-order valence-electron chi connectivity index (χ4n) is 4.43. The van der Waals surface area contributed by atoms with Gasteiger partial charge in [0.1, 0.15) is 5.69 Å². The number of anilines is 1. The van der Waals surface area contributed by atoms with Crippen molar-refractivity contribution in [3.8, 4) is 17.6 Å². The Morgan fingerprint density at radius 1 is 1.03 bits per heavy atom. The molecule has 1 aliphatic rings. The van der Waals surface area contributed by atoms with Crippen molar-refractivity contribution in [2.75, 3.05) is 38.8 Å². The molecule has 8 heteroatoms. The Morgan fingerprint density at radius 3 is 2.37 bits per heavy atom. The largest absolute Gasteiger partial charge is 0.493 e. The first-order valence-corrected chi connectivity index (χ1v) is 12.0. The highest BCUT2D eigenvalue weighted by Gasteiger charge is 2.29. The van der Waals surface area contributed by atoms with E-state index in [1.54, 1.807) is 14.2 Å².